The van der Waals surface area contributed by atoms with E-state index in [-0.39, 0.29) is 11.8 Å². The maximum absolute atomic E-state index is 11.7. The van der Waals surface area contributed by atoms with E-state index in [0.29, 0.717) is 24.2 Å². The summed E-state index contributed by atoms with van der Waals surface area (Å²) >= 11 is 0. The fraction of sp³-hybridized carbons (Fsp3) is 0.800. The molecule has 0 spiro atoms. The van der Waals surface area contributed by atoms with Crippen molar-refractivity contribution >= 4 is 11.8 Å². The minimum Gasteiger partial charge on any atom is -0.468 e. The lowest BCUT2D eigenvalue weighted by molar-refractivity contribution is -0.151. The third-order valence-corrected chi connectivity index (χ3v) is 4.22. The Balaban J connectivity index is 2.02. The maximum atomic E-state index is 11.7. The number of carbonyl (C=O) groups is 2. The molecule has 0 aromatic carbocycles. The summed E-state index contributed by atoms with van der Waals surface area (Å²) in [6.45, 7) is 0. The average Bonchev–Trinajstić information content (AvgIpc) is 2.55. The molecule has 0 bridgehead atoms. The van der Waals surface area contributed by atoms with Crippen LogP contribution in [-0.2, 0) is 14.3 Å². The lowest BCUT2D eigenvalue weighted by Crippen LogP contribution is -2.27. The molecule has 13 heavy (non-hydrogen) atoms. The highest BCUT2D eigenvalue weighted by atomic mass is 16.5. The molecule has 0 saturated heterocycles. The summed E-state index contributed by atoms with van der Waals surface area (Å²) in [5.74, 6) is 1.07. The van der Waals surface area contributed by atoms with E-state index < -0.39 is 5.41 Å². The molecule has 3 nitrogen and oxygen atoms in total. The molecule has 4 atom stereocenters. The molecule has 3 fully saturated rings. The lowest BCUT2D eigenvalue weighted by atomic mass is 9.97. The molecule has 3 aliphatic carbocycles. The van der Waals surface area contributed by atoms with Gasteiger partial charge in [0.15, 0.2) is 5.78 Å². The highest BCUT2D eigenvalue weighted by Crippen LogP contribution is 2.75. The van der Waals surface area contributed by atoms with Crippen LogP contribution in [0.15, 0.2) is 0 Å². The summed E-state index contributed by atoms with van der Waals surface area (Å²) in [5.41, 5.74) is -0.655. The van der Waals surface area contributed by atoms with Gasteiger partial charge in [-0.1, -0.05) is 0 Å². The van der Waals surface area contributed by atoms with E-state index in [1.54, 1.807) is 0 Å². The van der Waals surface area contributed by atoms with Gasteiger partial charge in [0.1, 0.15) is 5.41 Å². The molecule has 0 radical (unpaired) electrons. The normalized spacial score (nSPS) is 50.5. The number of methoxy groups -OCH3 is 1. The van der Waals surface area contributed by atoms with Gasteiger partial charge >= 0.3 is 5.97 Å². The smallest absolute Gasteiger partial charge is 0.319 e. The molecule has 4 unspecified atom stereocenters. The summed E-state index contributed by atoms with van der Waals surface area (Å²) in [4.78, 5) is 23.2. The zero-order chi connectivity index (χ0) is 9.22. The van der Waals surface area contributed by atoms with Crippen LogP contribution in [0.1, 0.15) is 19.3 Å². The zero-order valence-electron chi connectivity index (χ0n) is 7.58. The number of rotatable bonds is 1. The number of hydrogen-bond acceptors (Lipinski definition) is 3. The second-order valence-corrected chi connectivity index (χ2v) is 4.46. The summed E-state index contributed by atoms with van der Waals surface area (Å²) in [6, 6.07) is 0. The van der Waals surface area contributed by atoms with Crippen LogP contribution in [0.4, 0.5) is 0 Å². The van der Waals surface area contributed by atoms with Crippen molar-refractivity contribution in [2.75, 3.05) is 7.11 Å². The molecule has 0 heterocycles. The Bertz CT molecular complexity index is 299. The van der Waals surface area contributed by atoms with E-state index in [9.17, 15) is 9.59 Å². The van der Waals surface area contributed by atoms with E-state index in [2.05, 4.69) is 0 Å². The first-order valence-corrected chi connectivity index (χ1v) is 4.84. The fourth-order valence-corrected chi connectivity index (χ4v) is 3.77. The summed E-state index contributed by atoms with van der Waals surface area (Å²) in [6.07, 6.45) is 2.81. The van der Waals surface area contributed by atoms with Gasteiger partial charge in [-0.05, 0) is 30.6 Å². The van der Waals surface area contributed by atoms with Crippen molar-refractivity contribution in [3.63, 3.8) is 0 Å². The van der Waals surface area contributed by atoms with E-state index in [1.807, 2.05) is 0 Å². The molecule has 0 N–H and O–H groups in total. The maximum Gasteiger partial charge on any atom is 0.319 e. The van der Waals surface area contributed by atoms with Crippen molar-refractivity contribution in [2.45, 2.75) is 19.3 Å². The summed E-state index contributed by atoms with van der Waals surface area (Å²) in [7, 11) is 1.38. The fourth-order valence-electron chi connectivity index (χ4n) is 3.77. The predicted octanol–water partition coefficient (Wildman–Crippen LogP) is 0.775. The third kappa shape index (κ3) is 0.578. The minimum absolute atomic E-state index is 0.150. The van der Waals surface area contributed by atoms with E-state index >= 15 is 0 Å². The summed E-state index contributed by atoms with van der Waals surface area (Å²) < 4.78 is 4.74. The first-order chi connectivity index (χ1) is 6.22. The molecular formula is C10H12O3. The molecule has 0 aromatic rings. The number of esters is 1. The average molecular weight is 180 g/mol. The molecule has 3 aliphatic rings. The van der Waals surface area contributed by atoms with Crippen LogP contribution < -0.4 is 0 Å². The molecule has 0 aromatic heterocycles. The standard InChI is InChI=1S/C10H12O3/c1-13-9(12)10-6-3-2-5(8(6)10)4-7(10)11/h5-6,8H,2-4H2,1H3. The second-order valence-electron chi connectivity index (χ2n) is 4.46. The number of carbonyl (C=O) groups excluding carboxylic acids is 2. The zero-order valence-corrected chi connectivity index (χ0v) is 7.58. The van der Waals surface area contributed by atoms with Crippen molar-refractivity contribution < 1.29 is 14.3 Å². The van der Waals surface area contributed by atoms with Gasteiger partial charge < -0.3 is 4.74 Å². The highest BCUT2D eigenvalue weighted by molar-refractivity contribution is 6.10. The van der Waals surface area contributed by atoms with Gasteiger partial charge in [-0.25, -0.2) is 0 Å². The Morgan fingerprint density at radius 1 is 1.54 bits per heavy atom. The van der Waals surface area contributed by atoms with Crippen LogP contribution in [0, 0.1) is 23.2 Å². The van der Waals surface area contributed by atoms with Crippen LogP contribution in [-0.4, -0.2) is 18.9 Å². The monoisotopic (exact) mass is 180 g/mol. The topological polar surface area (TPSA) is 43.4 Å². The Morgan fingerprint density at radius 2 is 2.31 bits per heavy atom. The van der Waals surface area contributed by atoms with Crippen LogP contribution in [0.25, 0.3) is 0 Å². The van der Waals surface area contributed by atoms with Crippen molar-refractivity contribution in [1.82, 2.24) is 0 Å². The Labute approximate surface area is 76.4 Å². The van der Waals surface area contributed by atoms with Crippen LogP contribution in [0.3, 0.4) is 0 Å². The van der Waals surface area contributed by atoms with Gasteiger partial charge in [0.05, 0.1) is 7.11 Å². The van der Waals surface area contributed by atoms with Crippen LogP contribution in [0.5, 0.6) is 0 Å². The quantitative estimate of drug-likeness (QED) is 0.442. The van der Waals surface area contributed by atoms with Crippen LogP contribution in [0.2, 0.25) is 0 Å². The van der Waals surface area contributed by atoms with Gasteiger partial charge in [-0.15, -0.1) is 0 Å². The van der Waals surface area contributed by atoms with Crippen molar-refractivity contribution in [1.29, 1.82) is 0 Å². The molecular weight excluding hydrogens is 168 g/mol. The number of ketones is 1. The van der Waals surface area contributed by atoms with Gasteiger partial charge in [-0.3, -0.25) is 9.59 Å². The molecule has 3 heteroatoms. The molecule has 3 saturated carbocycles. The molecule has 0 aliphatic heterocycles. The lowest BCUT2D eigenvalue weighted by Gasteiger charge is -2.09. The van der Waals surface area contributed by atoms with Gasteiger partial charge in [0, 0.05) is 6.42 Å². The predicted molar refractivity (Wildman–Crippen MR) is 43.8 cm³/mol. The van der Waals surface area contributed by atoms with Crippen LogP contribution >= 0.6 is 0 Å². The Morgan fingerprint density at radius 3 is 2.92 bits per heavy atom. The van der Waals surface area contributed by atoms with Crippen molar-refractivity contribution in [3.05, 3.63) is 0 Å². The Kier molecular flexibility index (Phi) is 1.14. The first kappa shape index (κ1) is 7.54. The first-order valence-electron chi connectivity index (χ1n) is 4.84. The highest BCUT2D eigenvalue weighted by Gasteiger charge is 2.81. The third-order valence-electron chi connectivity index (χ3n) is 4.22. The molecule has 70 valence electrons. The van der Waals surface area contributed by atoms with Crippen molar-refractivity contribution in [3.8, 4) is 0 Å². The number of ether oxygens (including phenoxy) is 1. The number of hydrogen-bond donors (Lipinski definition) is 0. The van der Waals surface area contributed by atoms with E-state index in [0.717, 1.165) is 12.8 Å². The SMILES string of the molecule is COC(=O)C12C(=O)CC3CCC1C32. The largest absolute Gasteiger partial charge is 0.468 e. The second kappa shape index (κ2) is 1.97. The van der Waals surface area contributed by atoms with E-state index in [1.165, 1.54) is 7.11 Å². The Hall–Kier alpha value is -0.860. The summed E-state index contributed by atoms with van der Waals surface area (Å²) in [5, 5.41) is 0. The number of fused-ring (bicyclic) bond motifs is 1. The van der Waals surface area contributed by atoms with Gasteiger partial charge in [-0.2, -0.15) is 0 Å². The molecule has 3 rings (SSSR count). The van der Waals surface area contributed by atoms with E-state index in [4.69, 9.17) is 4.74 Å². The molecule has 0 amide bonds. The van der Waals surface area contributed by atoms with Gasteiger partial charge in [0.2, 0.25) is 0 Å². The number of Topliss-reactive ketones (excluding diaryl/α,β-unsaturated/α-hetero) is 1. The van der Waals surface area contributed by atoms with Crippen molar-refractivity contribution in [2.24, 2.45) is 23.2 Å². The van der Waals surface area contributed by atoms with Gasteiger partial charge in [0.25, 0.3) is 0 Å². The minimum atomic E-state index is -0.655.